The zero-order valence-corrected chi connectivity index (χ0v) is 20.5. The molecule has 0 aromatic heterocycles. The third-order valence-electron chi connectivity index (χ3n) is 6.29. The maximum Gasteiger partial charge on any atom is 0.334 e. The van der Waals surface area contributed by atoms with Gasteiger partial charge in [-0.3, -0.25) is 0 Å². The van der Waals surface area contributed by atoms with E-state index in [2.05, 4.69) is 0 Å². The molecule has 1 aliphatic carbocycles. The van der Waals surface area contributed by atoms with Crippen LogP contribution in [-0.4, -0.2) is 35.8 Å². The van der Waals surface area contributed by atoms with Crippen LogP contribution < -0.4 is 9.04 Å². The Balaban J connectivity index is 1.41. The van der Waals surface area contributed by atoms with Gasteiger partial charge in [0.25, 0.3) is 0 Å². The molecule has 2 aliphatic rings. The average molecular weight is 509 g/mol. The van der Waals surface area contributed by atoms with E-state index in [4.69, 9.17) is 9.47 Å². The predicted octanol–water partition coefficient (Wildman–Crippen LogP) is 4.01. The van der Waals surface area contributed by atoms with Gasteiger partial charge in [-0.25, -0.2) is 4.31 Å². The number of benzene rings is 3. The molecule has 0 fully saturated rings. The molecule has 3 aromatic rings. The number of aliphatic hydroxyl groups is 2. The topological polar surface area (TPSA) is 99.5 Å². The van der Waals surface area contributed by atoms with E-state index in [1.165, 1.54) is 0 Å². The minimum atomic E-state index is -4.16. The maximum absolute atomic E-state index is 13.5. The molecular weight excluding hydrogens is 480 g/mol. The Bertz CT molecular complexity index is 1350. The van der Waals surface area contributed by atoms with Crippen molar-refractivity contribution in [3.8, 4) is 5.75 Å². The van der Waals surface area contributed by atoms with Gasteiger partial charge in [0.2, 0.25) is 5.88 Å². The van der Waals surface area contributed by atoms with Gasteiger partial charge in [-0.15, -0.1) is 0 Å². The van der Waals surface area contributed by atoms with Crippen molar-refractivity contribution in [2.75, 3.05) is 11.0 Å². The second-order valence-corrected chi connectivity index (χ2v) is 10.6. The minimum Gasteiger partial charge on any atom is -0.493 e. The molecule has 0 saturated carbocycles. The number of aliphatic hydroxyl groups excluding tert-OH is 2. The summed E-state index contributed by atoms with van der Waals surface area (Å²) in [5.74, 6) is -0.0865. The van der Waals surface area contributed by atoms with Crippen molar-refractivity contribution < 1.29 is 28.1 Å². The fraction of sp³-hybridized carbons (Fsp3) is 0.259. The van der Waals surface area contributed by atoms with Gasteiger partial charge in [-0.05, 0) is 53.6 Å². The number of hydrogen-bond acceptors (Lipinski definition) is 6. The van der Waals surface area contributed by atoms with Crippen LogP contribution in [0.4, 0.5) is 5.69 Å². The quantitative estimate of drug-likeness (QED) is 0.477. The molecule has 8 nitrogen and oxygen atoms in total. The van der Waals surface area contributed by atoms with Gasteiger partial charge in [0, 0.05) is 0 Å². The molecule has 5 rings (SSSR count). The normalized spacial score (nSPS) is 18.6. The van der Waals surface area contributed by atoms with Gasteiger partial charge < -0.3 is 19.7 Å². The Morgan fingerprint density at radius 3 is 2.28 bits per heavy atom. The average Bonchev–Trinajstić information content (AvgIpc) is 3.11. The highest BCUT2D eigenvalue weighted by atomic mass is 32.2. The molecule has 0 saturated heterocycles. The third kappa shape index (κ3) is 5.04. The second-order valence-electron chi connectivity index (χ2n) is 8.86. The molecule has 1 unspecified atom stereocenters. The summed E-state index contributed by atoms with van der Waals surface area (Å²) in [5, 5.41) is 20.7. The molecule has 1 heterocycles. The highest BCUT2D eigenvalue weighted by molar-refractivity contribution is 7.91. The van der Waals surface area contributed by atoms with E-state index < -0.39 is 22.2 Å². The summed E-state index contributed by atoms with van der Waals surface area (Å²) in [4.78, 5) is 0. The van der Waals surface area contributed by atoms with Gasteiger partial charge >= 0.3 is 10.2 Å². The fourth-order valence-electron chi connectivity index (χ4n) is 4.39. The van der Waals surface area contributed by atoms with E-state index in [-0.39, 0.29) is 19.9 Å². The summed E-state index contributed by atoms with van der Waals surface area (Å²) in [5.41, 5.74) is 4.00. The van der Waals surface area contributed by atoms with E-state index in [9.17, 15) is 18.6 Å². The lowest BCUT2D eigenvalue weighted by atomic mass is 9.89. The summed E-state index contributed by atoms with van der Waals surface area (Å²) >= 11 is 0. The first-order chi connectivity index (χ1) is 17.4. The monoisotopic (exact) mass is 508 g/mol. The lowest BCUT2D eigenvalue weighted by molar-refractivity contribution is 0.0556. The summed E-state index contributed by atoms with van der Waals surface area (Å²) < 4.78 is 40.4. The van der Waals surface area contributed by atoms with Crippen LogP contribution in [0, 0.1) is 0 Å². The third-order valence-corrected chi connectivity index (χ3v) is 7.94. The number of fused-ring (bicyclic) bond motifs is 1. The van der Waals surface area contributed by atoms with Crippen molar-refractivity contribution in [3.63, 3.8) is 0 Å². The van der Waals surface area contributed by atoms with Crippen molar-refractivity contribution in [1.29, 1.82) is 0 Å². The van der Waals surface area contributed by atoms with E-state index in [1.54, 1.807) is 12.1 Å². The Kier molecular flexibility index (Phi) is 6.86. The van der Waals surface area contributed by atoms with Crippen molar-refractivity contribution in [3.05, 3.63) is 107 Å². The van der Waals surface area contributed by atoms with E-state index in [1.807, 2.05) is 60.7 Å². The highest BCUT2D eigenvalue weighted by Crippen LogP contribution is 2.40. The Morgan fingerprint density at radius 2 is 1.58 bits per heavy atom. The fourth-order valence-corrected chi connectivity index (χ4v) is 5.71. The van der Waals surface area contributed by atoms with E-state index in [0.29, 0.717) is 30.7 Å². The number of anilines is 1. The van der Waals surface area contributed by atoms with Crippen LogP contribution in [0.3, 0.4) is 0 Å². The first-order valence-corrected chi connectivity index (χ1v) is 13.2. The SMILES string of the molecule is O=S1(=O)N(COCc2ccccc2)C(O)=CN1c1cc2c(cc1OCc1ccccc1)CC(O)CC2. The lowest BCUT2D eigenvalue weighted by Crippen LogP contribution is -2.36. The molecule has 1 atom stereocenters. The zero-order chi connectivity index (χ0) is 25.1. The van der Waals surface area contributed by atoms with Crippen LogP contribution in [0.25, 0.3) is 0 Å². The van der Waals surface area contributed by atoms with Gasteiger partial charge in [0.1, 0.15) is 24.8 Å². The number of nitrogens with zero attached hydrogens (tertiary/aromatic N) is 2. The Hall–Kier alpha value is -3.53. The molecule has 0 bridgehead atoms. The van der Waals surface area contributed by atoms with Crippen molar-refractivity contribution in [2.45, 2.75) is 38.6 Å². The van der Waals surface area contributed by atoms with Gasteiger partial charge in [0.05, 0.1) is 18.9 Å². The summed E-state index contributed by atoms with van der Waals surface area (Å²) in [6.07, 6.45) is 2.42. The lowest BCUT2D eigenvalue weighted by Gasteiger charge is -2.27. The molecule has 36 heavy (non-hydrogen) atoms. The zero-order valence-electron chi connectivity index (χ0n) is 19.7. The van der Waals surface area contributed by atoms with Gasteiger partial charge in [-0.2, -0.15) is 12.7 Å². The van der Waals surface area contributed by atoms with Crippen LogP contribution in [0.15, 0.2) is 84.9 Å². The van der Waals surface area contributed by atoms with Crippen molar-refractivity contribution in [1.82, 2.24) is 4.31 Å². The largest absolute Gasteiger partial charge is 0.493 e. The number of hydrogen-bond donors (Lipinski definition) is 2. The summed E-state index contributed by atoms with van der Waals surface area (Å²) in [7, 11) is -4.16. The first-order valence-electron chi connectivity index (χ1n) is 11.8. The van der Waals surface area contributed by atoms with Gasteiger partial charge in [0.15, 0.2) is 0 Å². The smallest absolute Gasteiger partial charge is 0.334 e. The Morgan fingerprint density at radius 1 is 0.917 bits per heavy atom. The molecule has 2 N–H and O–H groups in total. The van der Waals surface area contributed by atoms with Gasteiger partial charge in [-0.1, -0.05) is 60.7 Å². The minimum absolute atomic E-state index is 0.201. The summed E-state index contributed by atoms with van der Waals surface area (Å²) in [6, 6.07) is 22.5. The Labute approximate surface area is 210 Å². The van der Waals surface area contributed by atoms with Crippen molar-refractivity contribution in [2.24, 2.45) is 0 Å². The second kappa shape index (κ2) is 10.2. The molecule has 1 aliphatic heterocycles. The molecular formula is C27H28N2O6S. The van der Waals surface area contributed by atoms with Crippen molar-refractivity contribution >= 4 is 15.9 Å². The summed E-state index contributed by atoms with van der Waals surface area (Å²) in [6.45, 7) is 0.100. The maximum atomic E-state index is 13.5. The van der Waals surface area contributed by atoms with Crippen LogP contribution in [0.2, 0.25) is 0 Å². The molecule has 188 valence electrons. The van der Waals surface area contributed by atoms with E-state index >= 15 is 0 Å². The number of aryl methyl sites for hydroxylation is 1. The van der Waals surface area contributed by atoms with Crippen LogP contribution in [-0.2, 0) is 41.0 Å². The molecule has 9 heteroatoms. The first kappa shape index (κ1) is 24.2. The highest BCUT2D eigenvalue weighted by Gasteiger charge is 2.40. The molecule has 0 radical (unpaired) electrons. The molecule has 0 spiro atoms. The van der Waals surface area contributed by atoms with Crippen LogP contribution in [0.5, 0.6) is 5.75 Å². The number of ether oxygens (including phenoxy) is 2. The van der Waals surface area contributed by atoms with Crippen LogP contribution in [0.1, 0.15) is 28.7 Å². The molecule has 0 amide bonds. The van der Waals surface area contributed by atoms with Crippen LogP contribution >= 0.6 is 0 Å². The number of rotatable bonds is 8. The van der Waals surface area contributed by atoms with E-state index in [0.717, 1.165) is 37.1 Å². The molecule has 3 aromatic carbocycles. The standard InChI is InChI=1S/C27H28N2O6S/c30-24-12-11-22-14-25(26(15-23(22)13-24)35-18-21-9-5-2-6-10-21)28-16-27(31)29(36(28,32)33)19-34-17-20-7-3-1-4-8-20/h1-10,14-16,24,30-31H,11-13,17-19H2. The predicted molar refractivity (Wildman–Crippen MR) is 135 cm³/mol.